The molecule has 1 aromatic rings. The fourth-order valence-electron chi connectivity index (χ4n) is 1.37. The van der Waals surface area contributed by atoms with Crippen LogP contribution in [0.2, 0.25) is 0 Å². The van der Waals surface area contributed by atoms with E-state index in [1.54, 1.807) is 12.1 Å². The third-order valence-corrected chi connectivity index (χ3v) is 2.34. The molecule has 100 valence electrons. The number of carbonyl (C=O) groups excluding carboxylic acids is 1. The second kappa shape index (κ2) is 7.84. The molecular formula is C14H21NO3. The van der Waals surface area contributed by atoms with E-state index in [-0.39, 0.29) is 12.6 Å². The highest BCUT2D eigenvalue weighted by atomic mass is 16.6. The first-order valence-corrected chi connectivity index (χ1v) is 6.17. The van der Waals surface area contributed by atoms with E-state index < -0.39 is 0 Å². The third kappa shape index (κ3) is 5.29. The van der Waals surface area contributed by atoms with E-state index in [4.69, 9.17) is 15.2 Å². The predicted molar refractivity (Wildman–Crippen MR) is 70.3 cm³/mol. The highest BCUT2D eigenvalue weighted by Crippen LogP contribution is 2.05. The SMILES string of the molecule is CC(C)COCCOC(=O)c1ccc(CN)cc1. The summed E-state index contributed by atoms with van der Waals surface area (Å²) in [5.74, 6) is 0.163. The standard InChI is InChI=1S/C14H21NO3/c1-11(2)10-17-7-8-18-14(16)13-5-3-12(9-15)4-6-13/h3-6,11H,7-10,15H2,1-2H3. The largest absolute Gasteiger partial charge is 0.460 e. The summed E-state index contributed by atoms with van der Waals surface area (Å²) in [6.45, 7) is 6.02. The topological polar surface area (TPSA) is 61.5 Å². The Morgan fingerprint density at radius 1 is 1.22 bits per heavy atom. The Morgan fingerprint density at radius 3 is 2.44 bits per heavy atom. The molecule has 4 heteroatoms. The molecule has 0 saturated carbocycles. The van der Waals surface area contributed by atoms with E-state index in [9.17, 15) is 4.79 Å². The van der Waals surface area contributed by atoms with Gasteiger partial charge in [-0.05, 0) is 23.6 Å². The maximum absolute atomic E-state index is 11.6. The molecule has 2 N–H and O–H groups in total. The molecule has 0 saturated heterocycles. The summed E-state index contributed by atoms with van der Waals surface area (Å²) in [5, 5.41) is 0. The predicted octanol–water partition coefficient (Wildman–Crippen LogP) is 1.97. The van der Waals surface area contributed by atoms with E-state index in [1.807, 2.05) is 12.1 Å². The van der Waals surface area contributed by atoms with Gasteiger partial charge in [0.25, 0.3) is 0 Å². The first-order chi connectivity index (χ1) is 8.63. The molecule has 0 aliphatic rings. The molecule has 0 bridgehead atoms. The molecule has 0 amide bonds. The average Bonchev–Trinajstić information content (AvgIpc) is 2.38. The number of carbonyl (C=O) groups is 1. The van der Waals surface area contributed by atoms with Crippen LogP contribution in [0.15, 0.2) is 24.3 Å². The number of hydrogen-bond donors (Lipinski definition) is 1. The average molecular weight is 251 g/mol. The van der Waals surface area contributed by atoms with Crippen LogP contribution in [0.25, 0.3) is 0 Å². The van der Waals surface area contributed by atoms with E-state index in [2.05, 4.69) is 13.8 Å². The lowest BCUT2D eigenvalue weighted by Crippen LogP contribution is -2.12. The lowest BCUT2D eigenvalue weighted by Gasteiger charge is -2.08. The van der Waals surface area contributed by atoms with Crippen molar-refractivity contribution in [3.63, 3.8) is 0 Å². The van der Waals surface area contributed by atoms with Gasteiger partial charge in [0.2, 0.25) is 0 Å². The van der Waals surface area contributed by atoms with Crippen LogP contribution in [0.4, 0.5) is 0 Å². The molecule has 18 heavy (non-hydrogen) atoms. The monoisotopic (exact) mass is 251 g/mol. The second-order valence-corrected chi connectivity index (χ2v) is 4.51. The maximum atomic E-state index is 11.6. The number of nitrogens with two attached hydrogens (primary N) is 1. The molecule has 0 unspecified atom stereocenters. The first-order valence-electron chi connectivity index (χ1n) is 6.17. The van der Waals surface area contributed by atoms with Crippen molar-refractivity contribution in [2.45, 2.75) is 20.4 Å². The molecular weight excluding hydrogens is 230 g/mol. The molecule has 0 spiro atoms. The van der Waals surface area contributed by atoms with E-state index in [1.165, 1.54) is 0 Å². The Kier molecular flexibility index (Phi) is 6.39. The van der Waals surface area contributed by atoms with Crippen LogP contribution in [0.5, 0.6) is 0 Å². The Balaban J connectivity index is 2.27. The zero-order valence-corrected chi connectivity index (χ0v) is 11.0. The molecule has 0 aliphatic carbocycles. The zero-order chi connectivity index (χ0) is 13.4. The van der Waals surface area contributed by atoms with Crippen molar-refractivity contribution in [2.24, 2.45) is 11.7 Å². The number of esters is 1. The summed E-state index contributed by atoms with van der Waals surface area (Å²) in [6, 6.07) is 7.09. The number of ether oxygens (including phenoxy) is 2. The molecule has 0 heterocycles. The van der Waals surface area contributed by atoms with Gasteiger partial charge in [0, 0.05) is 13.2 Å². The number of benzene rings is 1. The van der Waals surface area contributed by atoms with Crippen molar-refractivity contribution < 1.29 is 14.3 Å². The summed E-state index contributed by atoms with van der Waals surface area (Å²) < 4.78 is 10.4. The minimum atomic E-state index is -0.327. The third-order valence-electron chi connectivity index (χ3n) is 2.34. The van der Waals surface area contributed by atoms with Crippen molar-refractivity contribution in [1.29, 1.82) is 0 Å². The van der Waals surface area contributed by atoms with Crippen molar-refractivity contribution in [3.05, 3.63) is 35.4 Å². The molecule has 0 fully saturated rings. The lowest BCUT2D eigenvalue weighted by molar-refractivity contribution is 0.0277. The first kappa shape index (κ1) is 14.7. The normalized spacial score (nSPS) is 10.7. The van der Waals surface area contributed by atoms with Gasteiger partial charge in [0.1, 0.15) is 6.61 Å². The Bertz CT molecular complexity index is 360. The Hall–Kier alpha value is -1.39. The fourth-order valence-corrected chi connectivity index (χ4v) is 1.37. The van der Waals surface area contributed by atoms with Crippen LogP contribution in [0.1, 0.15) is 29.8 Å². The summed E-state index contributed by atoms with van der Waals surface area (Å²) in [5.41, 5.74) is 7.01. The van der Waals surface area contributed by atoms with Crippen LogP contribution in [-0.2, 0) is 16.0 Å². The quantitative estimate of drug-likeness (QED) is 0.594. The molecule has 0 radical (unpaired) electrons. The van der Waals surface area contributed by atoms with Gasteiger partial charge in [0.15, 0.2) is 0 Å². The van der Waals surface area contributed by atoms with E-state index >= 15 is 0 Å². The minimum absolute atomic E-state index is 0.282. The minimum Gasteiger partial charge on any atom is -0.460 e. The van der Waals surface area contributed by atoms with E-state index in [0.29, 0.717) is 31.2 Å². The second-order valence-electron chi connectivity index (χ2n) is 4.51. The van der Waals surface area contributed by atoms with Gasteiger partial charge in [-0.3, -0.25) is 0 Å². The van der Waals surface area contributed by atoms with Crippen molar-refractivity contribution >= 4 is 5.97 Å². The van der Waals surface area contributed by atoms with Gasteiger partial charge in [-0.1, -0.05) is 26.0 Å². The summed E-state index contributed by atoms with van der Waals surface area (Å²) in [7, 11) is 0. The Labute approximate surface area is 108 Å². The van der Waals surface area contributed by atoms with Gasteiger partial charge in [-0.15, -0.1) is 0 Å². The van der Waals surface area contributed by atoms with Gasteiger partial charge in [-0.2, -0.15) is 0 Å². The highest BCUT2D eigenvalue weighted by Gasteiger charge is 2.06. The smallest absolute Gasteiger partial charge is 0.338 e. The maximum Gasteiger partial charge on any atom is 0.338 e. The van der Waals surface area contributed by atoms with Gasteiger partial charge >= 0.3 is 5.97 Å². The molecule has 1 rings (SSSR count). The van der Waals surface area contributed by atoms with Crippen LogP contribution in [0.3, 0.4) is 0 Å². The highest BCUT2D eigenvalue weighted by molar-refractivity contribution is 5.89. The molecule has 0 atom stereocenters. The van der Waals surface area contributed by atoms with Gasteiger partial charge < -0.3 is 15.2 Å². The van der Waals surface area contributed by atoms with Crippen molar-refractivity contribution in [1.82, 2.24) is 0 Å². The molecule has 4 nitrogen and oxygen atoms in total. The van der Waals surface area contributed by atoms with Crippen LogP contribution in [-0.4, -0.2) is 25.8 Å². The summed E-state index contributed by atoms with van der Waals surface area (Å²) in [4.78, 5) is 11.6. The fraction of sp³-hybridized carbons (Fsp3) is 0.500. The molecule has 0 aliphatic heterocycles. The molecule has 0 aromatic heterocycles. The van der Waals surface area contributed by atoms with Crippen LogP contribution < -0.4 is 5.73 Å². The van der Waals surface area contributed by atoms with Crippen LogP contribution in [0, 0.1) is 5.92 Å². The lowest BCUT2D eigenvalue weighted by atomic mass is 10.1. The van der Waals surface area contributed by atoms with Gasteiger partial charge in [0.05, 0.1) is 12.2 Å². The van der Waals surface area contributed by atoms with Gasteiger partial charge in [-0.25, -0.2) is 4.79 Å². The van der Waals surface area contributed by atoms with E-state index in [0.717, 1.165) is 5.56 Å². The number of rotatable bonds is 7. The Morgan fingerprint density at radius 2 is 1.89 bits per heavy atom. The molecule has 1 aromatic carbocycles. The van der Waals surface area contributed by atoms with Crippen LogP contribution >= 0.6 is 0 Å². The summed E-state index contributed by atoms with van der Waals surface area (Å²) in [6.07, 6.45) is 0. The number of hydrogen-bond acceptors (Lipinski definition) is 4. The van der Waals surface area contributed by atoms with Crippen molar-refractivity contribution in [2.75, 3.05) is 19.8 Å². The zero-order valence-electron chi connectivity index (χ0n) is 11.0. The van der Waals surface area contributed by atoms with Crippen molar-refractivity contribution in [3.8, 4) is 0 Å². The summed E-state index contributed by atoms with van der Waals surface area (Å²) >= 11 is 0.